The van der Waals surface area contributed by atoms with Gasteiger partial charge >= 0.3 is 6.03 Å². The quantitative estimate of drug-likeness (QED) is 0.899. The first-order chi connectivity index (χ1) is 12.8. The number of nitrogens with one attached hydrogen (secondary N) is 1. The molecule has 26 heavy (non-hydrogen) atoms. The molecule has 6 nitrogen and oxygen atoms in total. The van der Waals surface area contributed by atoms with Crippen LogP contribution in [-0.4, -0.2) is 61.3 Å². The molecule has 2 fully saturated rings. The van der Waals surface area contributed by atoms with E-state index in [0.29, 0.717) is 25.0 Å². The molecule has 1 atom stereocenters. The van der Waals surface area contributed by atoms with Crippen molar-refractivity contribution >= 4 is 11.7 Å². The van der Waals surface area contributed by atoms with Crippen LogP contribution < -0.4 is 14.8 Å². The molecule has 0 saturated carbocycles. The van der Waals surface area contributed by atoms with Gasteiger partial charge in [-0.05, 0) is 50.9 Å². The predicted octanol–water partition coefficient (Wildman–Crippen LogP) is 3.33. The monoisotopic (exact) mass is 359 g/mol. The van der Waals surface area contributed by atoms with Crippen LogP contribution in [0.4, 0.5) is 10.5 Å². The summed E-state index contributed by atoms with van der Waals surface area (Å²) in [6, 6.07) is 5.94. The molecule has 0 radical (unpaired) electrons. The zero-order valence-electron chi connectivity index (χ0n) is 15.4. The predicted molar refractivity (Wildman–Crippen MR) is 101 cm³/mol. The Morgan fingerprint density at radius 1 is 1.00 bits per heavy atom. The zero-order valence-corrected chi connectivity index (χ0v) is 15.4. The summed E-state index contributed by atoms with van der Waals surface area (Å²) >= 11 is 0. The van der Waals surface area contributed by atoms with E-state index in [9.17, 15) is 4.79 Å². The third-order valence-corrected chi connectivity index (χ3v) is 5.60. The van der Waals surface area contributed by atoms with Crippen LogP contribution in [0.3, 0.4) is 0 Å². The van der Waals surface area contributed by atoms with Crippen LogP contribution >= 0.6 is 0 Å². The highest BCUT2D eigenvalue weighted by Crippen LogP contribution is 2.33. The van der Waals surface area contributed by atoms with Gasteiger partial charge in [0.05, 0.1) is 0 Å². The largest absolute Gasteiger partial charge is 0.486 e. The van der Waals surface area contributed by atoms with Gasteiger partial charge in [0.1, 0.15) is 13.2 Å². The van der Waals surface area contributed by atoms with Gasteiger partial charge in [-0.15, -0.1) is 0 Å². The van der Waals surface area contributed by atoms with E-state index in [-0.39, 0.29) is 6.03 Å². The number of nitrogens with zero attached hydrogens (tertiary/aromatic N) is 2. The van der Waals surface area contributed by atoms with Gasteiger partial charge in [0.2, 0.25) is 0 Å². The summed E-state index contributed by atoms with van der Waals surface area (Å²) in [5, 5.41) is 3.08. The molecule has 2 saturated heterocycles. The molecular weight excluding hydrogens is 330 g/mol. The zero-order chi connectivity index (χ0) is 17.8. The van der Waals surface area contributed by atoms with Crippen LogP contribution in [0.5, 0.6) is 11.5 Å². The summed E-state index contributed by atoms with van der Waals surface area (Å²) in [6.45, 7) is 5.32. The highest BCUT2D eigenvalue weighted by Gasteiger charge is 2.28. The van der Waals surface area contributed by atoms with E-state index in [1.807, 2.05) is 18.2 Å². The minimum absolute atomic E-state index is 0.00720. The van der Waals surface area contributed by atoms with Gasteiger partial charge in [-0.25, -0.2) is 4.79 Å². The minimum Gasteiger partial charge on any atom is -0.486 e. The minimum atomic E-state index is 0.00720. The van der Waals surface area contributed by atoms with Gasteiger partial charge in [-0.2, -0.15) is 0 Å². The third-order valence-electron chi connectivity index (χ3n) is 5.60. The van der Waals surface area contributed by atoms with E-state index >= 15 is 0 Å². The average Bonchev–Trinajstić information content (AvgIpc) is 3.06. The lowest BCUT2D eigenvalue weighted by atomic mass is 10.1. The summed E-state index contributed by atoms with van der Waals surface area (Å²) in [5.74, 6) is 1.45. The first-order valence-electron chi connectivity index (χ1n) is 9.99. The van der Waals surface area contributed by atoms with Gasteiger partial charge in [0, 0.05) is 30.9 Å². The van der Waals surface area contributed by atoms with Gasteiger partial charge in [-0.1, -0.05) is 12.8 Å². The molecule has 0 bridgehead atoms. The van der Waals surface area contributed by atoms with Crippen molar-refractivity contribution < 1.29 is 14.3 Å². The number of benzene rings is 1. The molecule has 6 heteroatoms. The second kappa shape index (κ2) is 8.16. The van der Waals surface area contributed by atoms with Gasteiger partial charge in [0.25, 0.3) is 0 Å². The van der Waals surface area contributed by atoms with E-state index in [4.69, 9.17) is 9.47 Å². The van der Waals surface area contributed by atoms with Gasteiger partial charge in [-0.3, -0.25) is 0 Å². The maximum absolute atomic E-state index is 13.0. The molecule has 0 aliphatic carbocycles. The number of urea groups is 1. The van der Waals surface area contributed by atoms with Crippen LogP contribution in [0.1, 0.15) is 38.5 Å². The number of amides is 2. The fourth-order valence-corrected chi connectivity index (χ4v) is 4.21. The average molecular weight is 359 g/mol. The van der Waals surface area contributed by atoms with Crippen molar-refractivity contribution in [3.8, 4) is 11.5 Å². The van der Waals surface area contributed by atoms with Crippen LogP contribution in [0.15, 0.2) is 18.2 Å². The Hall–Kier alpha value is -1.95. The molecule has 3 heterocycles. The number of anilines is 1. The first-order valence-corrected chi connectivity index (χ1v) is 9.99. The van der Waals surface area contributed by atoms with E-state index in [2.05, 4.69) is 15.1 Å². The maximum Gasteiger partial charge on any atom is 0.322 e. The molecule has 2 amide bonds. The highest BCUT2D eigenvalue weighted by molar-refractivity contribution is 5.90. The highest BCUT2D eigenvalue weighted by atomic mass is 16.6. The summed E-state index contributed by atoms with van der Waals surface area (Å²) in [5.41, 5.74) is 0.767. The van der Waals surface area contributed by atoms with Crippen LogP contribution in [0, 0.1) is 0 Å². The lowest BCUT2D eigenvalue weighted by Crippen LogP contribution is -2.47. The molecule has 1 aromatic carbocycles. The SMILES string of the molecule is O=C(Nc1ccc2c(c1)OCCO2)N1CCCCC[C@@H]1CN1CCCC1. The lowest BCUT2D eigenvalue weighted by Gasteiger charge is -2.33. The summed E-state index contributed by atoms with van der Waals surface area (Å²) in [4.78, 5) is 17.6. The molecule has 0 aromatic heterocycles. The van der Waals surface area contributed by atoms with Crippen molar-refractivity contribution in [2.75, 3.05) is 44.7 Å². The Bertz CT molecular complexity index is 631. The Balaban J connectivity index is 1.43. The number of hydrogen-bond acceptors (Lipinski definition) is 4. The fraction of sp³-hybridized carbons (Fsp3) is 0.650. The molecule has 0 unspecified atom stereocenters. The number of fused-ring (bicyclic) bond motifs is 1. The molecule has 0 spiro atoms. The number of carbonyl (C=O) groups excluding carboxylic acids is 1. The molecule has 3 aliphatic heterocycles. The Labute approximate surface area is 155 Å². The summed E-state index contributed by atoms with van der Waals surface area (Å²) in [7, 11) is 0. The van der Waals surface area contributed by atoms with Gasteiger partial charge in [0.15, 0.2) is 11.5 Å². The number of likely N-dealkylation sites (tertiary alicyclic amines) is 2. The molecular formula is C20H29N3O3. The Morgan fingerprint density at radius 2 is 1.77 bits per heavy atom. The molecule has 142 valence electrons. The van der Waals surface area contributed by atoms with E-state index in [1.165, 1.54) is 38.8 Å². The van der Waals surface area contributed by atoms with E-state index in [1.54, 1.807) is 0 Å². The van der Waals surface area contributed by atoms with Crippen molar-refractivity contribution in [1.82, 2.24) is 9.80 Å². The second-order valence-corrected chi connectivity index (χ2v) is 7.49. The number of carbonyl (C=O) groups is 1. The fourth-order valence-electron chi connectivity index (χ4n) is 4.21. The van der Waals surface area contributed by atoms with Crippen LogP contribution in [0.25, 0.3) is 0 Å². The smallest absolute Gasteiger partial charge is 0.322 e. The number of hydrogen-bond donors (Lipinski definition) is 1. The number of rotatable bonds is 3. The van der Waals surface area contributed by atoms with Crippen molar-refractivity contribution in [2.45, 2.75) is 44.6 Å². The molecule has 1 aromatic rings. The van der Waals surface area contributed by atoms with Gasteiger partial charge < -0.3 is 24.6 Å². The lowest BCUT2D eigenvalue weighted by molar-refractivity contribution is 0.163. The van der Waals surface area contributed by atoms with Crippen LogP contribution in [-0.2, 0) is 0 Å². The maximum atomic E-state index is 13.0. The van der Waals surface area contributed by atoms with Crippen molar-refractivity contribution in [2.24, 2.45) is 0 Å². The first kappa shape index (κ1) is 17.5. The molecule has 1 N–H and O–H groups in total. The van der Waals surface area contributed by atoms with E-state index < -0.39 is 0 Å². The number of ether oxygens (including phenoxy) is 2. The van der Waals surface area contributed by atoms with E-state index in [0.717, 1.165) is 37.4 Å². The molecule has 4 rings (SSSR count). The normalized spacial score (nSPS) is 23.5. The van der Waals surface area contributed by atoms with Crippen LogP contribution in [0.2, 0.25) is 0 Å². The van der Waals surface area contributed by atoms with Crippen molar-refractivity contribution in [1.29, 1.82) is 0 Å². The topological polar surface area (TPSA) is 54.0 Å². The Morgan fingerprint density at radius 3 is 2.62 bits per heavy atom. The summed E-state index contributed by atoms with van der Waals surface area (Å²) in [6.07, 6.45) is 7.19. The molecule has 3 aliphatic rings. The summed E-state index contributed by atoms with van der Waals surface area (Å²) < 4.78 is 11.2. The van der Waals surface area contributed by atoms with Crippen molar-refractivity contribution in [3.05, 3.63) is 18.2 Å². The second-order valence-electron chi connectivity index (χ2n) is 7.49. The van der Waals surface area contributed by atoms with Crippen molar-refractivity contribution in [3.63, 3.8) is 0 Å². The standard InChI is InChI=1S/C20H29N3O3/c24-20(21-16-7-8-18-19(14-16)26-13-12-25-18)23-11-3-1-2-6-17(23)15-22-9-4-5-10-22/h7-8,14,17H,1-6,9-13,15H2,(H,21,24)/t17-/m1/s1. The third kappa shape index (κ3) is 4.06. The Kier molecular flexibility index (Phi) is 5.48.